The van der Waals surface area contributed by atoms with Gasteiger partial charge in [-0.15, -0.1) is 11.3 Å². The number of benzene rings is 1. The van der Waals surface area contributed by atoms with Crippen LogP contribution in [-0.2, 0) is 6.42 Å². The molecule has 0 saturated heterocycles. The van der Waals surface area contributed by atoms with Crippen molar-refractivity contribution in [2.24, 2.45) is 0 Å². The summed E-state index contributed by atoms with van der Waals surface area (Å²) in [4.78, 5) is 16.6. The number of nitrogens with zero attached hydrogens (tertiary/aromatic N) is 1. The van der Waals surface area contributed by atoms with Crippen LogP contribution in [0.25, 0.3) is 0 Å². The fourth-order valence-electron chi connectivity index (χ4n) is 1.64. The SMILES string of the molecule is Cc1ncsc1C(=O)NCCc1ccc(Cl)cc1Cl. The van der Waals surface area contributed by atoms with Gasteiger partial charge in [-0.1, -0.05) is 29.3 Å². The number of thiazole rings is 1. The van der Waals surface area contributed by atoms with Gasteiger partial charge in [0.15, 0.2) is 0 Å². The highest BCUT2D eigenvalue weighted by molar-refractivity contribution is 7.11. The zero-order valence-corrected chi connectivity index (χ0v) is 12.6. The van der Waals surface area contributed by atoms with E-state index in [-0.39, 0.29) is 5.91 Å². The first-order valence-electron chi connectivity index (χ1n) is 5.70. The number of aryl methyl sites for hydroxylation is 1. The molecule has 1 aromatic heterocycles. The van der Waals surface area contributed by atoms with Crippen molar-refractivity contribution in [2.45, 2.75) is 13.3 Å². The molecule has 1 heterocycles. The average molecular weight is 315 g/mol. The molecule has 6 heteroatoms. The topological polar surface area (TPSA) is 42.0 Å². The van der Waals surface area contributed by atoms with Crippen LogP contribution in [0.2, 0.25) is 10.0 Å². The van der Waals surface area contributed by atoms with E-state index in [2.05, 4.69) is 10.3 Å². The number of amides is 1. The Morgan fingerprint density at radius 2 is 2.21 bits per heavy atom. The molecular weight excluding hydrogens is 303 g/mol. The molecule has 0 bridgehead atoms. The Morgan fingerprint density at radius 1 is 1.42 bits per heavy atom. The number of carbonyl (C=O) groups excluding carboxylic acids is 1. The van der Waals surface area contributed by atoms with Crippen molar-refractivity contribution >= 4 is 40.4 Å². The molecule has 0 fully saturated rings. The van der Waals surface area contributed by atoms with E-state index in [1.807, 2.05) is 13.0 Å². The Labute approximate surface area is 125 Å². The summed E-state index contributed by atoms with van der Waals surface area (Å²) in [6.45, 7) is 2.35. The van der Waals surface area contributed by atoms with Gasteiger partial charge in [0.2, 0.25) is 0 Å². The van der Waals surface area contributed by atoms with Crippen LogP contribution in [0.15, 0.2) is 23.7 Å². The maximum absolute atomic E-state index is 11.9. The molecule has 0 radical (unpaired) electrons. The maximum atomic E-state index is 11.9. The lowest BCUT2D eigenvalue weighted by atomic mass is 10.1. The molecular formula is C13H12Cl2N2OS. The van der Waals surface area contributed by atoms with Crippen molar-refractivity contribution in [1.29, 1.82) is 0 Å². The Bertz CT molecular complexity index is 598. The monoisotopic (exact) mass is 314 g/mol. The lowest BCUT2D eigenvalue weighted by Crippen LogP contribution is -2.25. The summed E-state index contributed by atoms with van der Waals surface area (Å²) in [5.74, 6) is -0.0925. The number of hydrogen-bond donors (Lipinski definition) is 1. The van der Waals surface area contributed by atoms with E-state index < -0.39 is 0 Å². The van der Waals surface area contributed by atoms with Crippen molar-refractivity contribution in [3.63, 3.8) is 0 Å². The van der Waals surface area contributed by atoms with Crippen molar-refractivity contribution in [3.8, 4) is 0 Å². The second-order valence-corrected chi connectivity index (χ2v) is 5.71. The van der Waals surface area contributed by atoms with Crippen LogP contribution >= 0.6 is 34.5 Å². The fraction of sp³-hybridized carbons (Fsp3) is 0.231. The number of aromatic nitrogens is 1. The molecule has 0 unspecified atom stereocenters. The zero-order chi connectivity index (χ0) is 13.8. The predicted molar refractivity (Wildman–Crippen MR) is 79.4 cm³/mol. The molecule has 1 N–H and O–H groups in total. The third-order valence-electron chi connectivity index (χ3n) is 2.65. The first kappa shape index (κ1) is 14.3. The zero-order valence-electron chi connectivity index (χ0n) is 10.2. The second-order valence-electron chi connectivity index (χ2n) is 4.01. The molecule has 19 heavy (non-hydrogen) atoms. The van der Waals surface area contributed by atoms with Gasteiger partial charge < -0.3 is 5.32 Å². The van der Waals surface area contributed by atoms with Gasteiger partial charge in [-0.05, 0) is 31.0 Å². The Morgan fingerprint density at radius 3 is 2.84 bits per heavy atom. The van der Waals surface area contributed by atoms with Crippen LogP contribution in [0.1, 0.15) is 20.9 Å². The molecule has 2 aromatic rings. The van der Waals surface area contributed by atoms with E-state index >= 15 is 0 Å². The van der Waals surface area contributed by atoms with Gasteiger partial charge in [0.1, 0.15) is 4.88 Å². The van der Waals surface area contributed by atoms with E-state index in [0.717, 1.165) is 11.3 Å². The molecule has 1 amide bonds. The van der Waals surface area contributed by atoms with Gasteiger partial charge in [0, 0.05) is 16.6 Å². The molecule has 0 aliphatic heterocycles. The smallest absolute Gasteiger partial charge is 0.263 e. The number of nitrogens with one attached hydrogen (secondary N) is 1. The molecule has 0 spiro atoms. The Kier molecular flexibility index (Phi) is 4.80. The van der Waals surface area contributed by atoms with Crippen LogP contribution in [-0.4, -0.2) is 17.4 Å². The quantitative estimate of drug-likeness (QED) is 0.934. The van der Waals surface area contributed by atoms with Gasteiger partial charge in [-0.3, -0.25) is 4.79 Å². The lowest BCUT2D eigenvalue weighted by Gasteiger charge is -2.06. The summed E-state index contributed by atoms with van der Waals surface area (Å²) in [6.07, 6.45) is 0.666. The Hall–Kier alpha value is -1.10. The molecule has 0 atom stereocenters. The number of carbonyl (C=O) groups is 1. The van der Waals surface area contributed by atoms with E-state index in [4.69, 9.17) is 23.2 Å². The summed E-state index contributed by atoms with van der Waals surface area (Å²) in [5, 5.41) is 4.09. The van der Waals surface area contributed by atoms with Crippen molar-refractivity contribution in [1.82, 2.24) is 10.3 Å². The molecule has 0 saturated carbocycles. The fourth-order valence-corrected chi connectivity index (χ4v) is 2.86. The highest BCUT2D eigenvalue weighted by atomic mass is 35.5. The van der Waals surface area contributed by atoms with Crippen molar-refractivity contribution in [2.75, 3.05) is 6.54 Å². The minimum Gasteiger partial charge on any atom is -0.351 e. The Balaban J connectivity index is 1.90. The second kappa shape index (κ2) is 6.37. The summed E-state index contributed by atoms with van der Waals surface area (Å²) in [6, 6.07) is 5.36. The third-order valence-corrected chi connectivity index (χ3v) is 4.16. The van der Waals surface area contributed by atoms with Gasteiger partial charge in [-0.2, -0.15) is 0 Å². The largest absolute Gasteiger partial charge is 0.351 e. The predicted octanol–water partition coefficient (Wildman–Crippen LogP) is 3.73. The number of hydrogen-bond acceptors (Lipinski definition) is 3. The van der Waals surface area contributed by atoms with Crippen LogP contribution in [0.4, 0.5) is 0 Å². The average Bonchev–Trinajstić information content (AvgIpc) is 2.78. The van der Waals surface area contributed by atoms with Crippen LogP contribution in [0.5, 0.6) is 0 Å². The lowest BCUT2D eigenvalue weighted by molar-refractivity contribution is 0.0957. The highest BCUT2D eigenvalue weighted by Crippen LogP contribution is 2.21. The van der Waals surface area contributed by atoms with E-state index in [1.165, 1.54) is 11.3 Å². The standard InChI is InChI=1S/C13H12Cl2N2OS/c1-8-12(19-7-17-8)13(18)16-5-4-9-2-3-10(14)6-11(9)15/h2-3,6-7H,4-5H2,1H3,(H,16,18). The number of rotatable bonds is 4. The minimum absolute atomic E-state index is 0.0925. The van der Waals surface area contributed by atoms with Gasteiger partial charge in [-0.25, -0.2) is 4.98 Å². The molecule has 3 nitrogen and oxygen atoms in total. The van der Waals surface area contributed by atoms with Gasteiger partial charge in [0.05, 0.1) is 11.2 Å². The molecule has 0 aliphatic rings. The van der Waals surface area contributed by atoms with Crippen molar-refractivity contribution in [3.05, 3.63) is 49.9 Å². The summed E-state index contributed by atoms with van der Waals surface area (Å²) in [7, 11) is 0. The molecule has 2 rings (SSSR count). The van der Waals surface area contributed by atoms with Gasteiger partial charge in [0.25, 0.3) is 5.91 Å². The molecule has 0 aliphatic carbocycles. The summed E-state index contributed by atoms with van der Waals surface area (Å²) < 4.78 is 0. The van der Waals surface area contributed by atoms with Gasteiger partial charge >= 0.3 is 0 Å². The molecule has 100 valence electrons. The minimum atomic E-state index is -0.0925. The van der Waals surface area contributed by atoms with E-state index in [9.17, 15) is 4.79 Å². The normalized spacial score (nSPS) is 10.5. The summed E-state index contributed by atoms with van der Waals surface area (Å²) >= 11 is 13.2. The first-order valence-corrected chi connectivity index (χ1v) is 7.33. The van der Waals surface area contributed by atoms with Crippen LogP contribution in [0, 0.1) is 6.92 Å². The summed E-state index contributed by atoms with van der Waals surface area (Å²) in [5.41, 5.74) is 3.39. The highest BCUT2D eigenvalue weighted by Gasteiger charge is 2.11. The third kappa shape index (κ3) is 3.69. The molecule has 1 aromatic carbocycles. The van der Waals surface area contributed by atoms with E-state index in [0.29, 0.717) is 27.9 Å². The number of halogens is 2. The van der Waals surface area contributed by atoms with Crippen LogP contribution in [0.3, 0.4) is 0 Å². The van der Waals surface area contributed by atoms with Crippen molar-refractivity contribution < 1.29 is 4.79 Å². The maximum Gasteiger partial charge on any atom is 0.263 e. The van der Waals surface area contributed by atoms with Crippen LogP contribution < -0.4 is 5.32 Å². The first-order chi connectivity index (χ1) is 9.08. The van der Waals surface area contributed by atoms with E-state index in [1.54, 1.807) is 17.6 Å².